The molecule has 1 N–H and O–H groups in total. The van der Waals surface area contributed by atoms with Crippen LogP contribution in [-0.2, 0) is 16.1 Å². The maximum absolute atomic E-state index is 13.9. The van der Waals surface area contributed by atoms with E-state index >= 15 is 0 Å². The molecule has 0 bridgehead atoms. The monoisotopic (exact) mass is 412 g/mol. The van der Waals surface area contributed by atoms with E-state index in [1.54, 1.807) is 19.2 Å². The second-order valence-electron chi connectivity index (χ2n) is 8.30. The lowest BCUT2D eigenvalue weighted by Gasteiger charge is -2.35. The molecule has 1 fully saturated rings. The Bertz CT molecular complexity index is 680. The second kappa shape index (κ2) is 9.67. The summed E-state index contributed by atoms with van der Waals surface area (Å²) in [6.45, 7) is 9.36. The number of hydrogen-bond acceptors (Lipinski definition) is 4. The van der Waals surface area contributed by atoms with Gasteiger partial charge in [0.2, 0.25) is 11.8 Å². The van der Waals surface area contributed by atoms with Gasteiger partial charge in [0.15, 0.2) is 0 Å². The van der Waals surface area contributed by atoms with E-state index in [-0.39, 0.29) is 36.3 Å². The highest BCUT2D eigenvalue weighted by Gasteiger charge is 2.23. The Kier molecular flexibility index (Phi) is 7.80. The van der Waals surface area contributed by atoms with Crippen LogP contribution in [0.4, 0.5) is 4.39 Å². The zero-order valence-electron chi connectivity index (χ0n) is 17.1. The van der Waals surface area contributed by atoms with Crippen LogP contribution in [0.1, 0.15) is 26.3 Å². The first-order valence-corrected chi connectivity index (χ1v) is 9.85. The SMILES string of the molecule is CN(CC(=O)NC(C)(C)C)C(=O)CN1CCN(Cc2c(F)cccc2Cl)CC1. The fraction of sp³-hybridized carbons (Fsp3) is 0.600. The van der Waals surface area contributed by atoms with Crippen molar-refractivity contribution < 1.29 is 14.0 Å². The minimum atomic E-state index is -0.321. The fourth-order valence-electron chi connectivity index (χ4n) is 3.09. The molecule has 1 aromatic carbocycles. The van der Waals surface area contributed by atoms with Gasteiger partial charge in [-0.2, -0.15) is 0 Å². The highest BCUT2D eigenvalue weighted by Crippen LogP contribution is 2.21. The largest absolute Gasteiger partial charge is 0.350 e. The van der Waals surface area contributed by atoms with Gasteiger partial charge in [0, 0.05) is 55.9 Å². The van der Waals surface area contributed by atoms with Crippen molar-refractivity contribution in [3.8, 4) is 0 Å². The molecule has 0 radical (unpaired) electrons. The minimum Gasteiger partial charge on any atom is -0.350 e. The number of piperazine rings is 1. The van der Waals surface area contributed by atoms with E-state index in [0.29, 0.717) is 30.2 Å². The first-order chi connectivity index (χ1) is 13.0. The quantitative estimate of drug-likeness (QED) is 0.776. The number of nitrogens with zero attached hydrogens (tertiary/aromatic N) is 3. The zero-order valence-corrected chi connectivity index (χ0v) is 17.9. The fourth-order valence-corrected chi connectivity index (χ4v) is 3.31. The summed E-state index contributed by atoms with van der Waals surface area (Å²) in [7, 11) is 1.64. The Balaban J connectivity index is 1.77. The molecule has 0 unspecified atom stereocenters. The smallest absolute Gasteiger partial charge is 0.240 e. The lowest BCUT2D eigenvalue weighted by atomic mass is 10.1. The van der Waals surface area contributed by atoms with Crippen LogP contribution in [0.5, 0.6) is 0 Å². The number of rotatable bonds is 6. The van der Waals surface area contributed by atoms with Crippen molar-refractivity contribution in [3.63, 3.8) is 0 Å². The van der Waals surface area contributed by atoms with Crippen molar-refractivity contribution in [2.45, 2.75) is 32.9 Å². The van der Waals surface area contributed by atoms with Crippen LogP contribution in [0.2, 0.25) is 5.02 Å². The summed E-state index contributed by atoms with van der Waals surface area (Å²) in [4.78, 5) is 30.0. The number of carbonyl (C=O) groups is 2. The first kappa shape index (κ1) is 22.6. The van der Waals surface area contributed by atoms with Crippen LogP contribution in [0, 0.1) is 5.82 Å². The Morgan fingerprint density at radius 3 is 2.36 bits per heavy atom. The average Bonchev–Trinajstić information content (AvgIpc) is 2.58. The summed E-state index contributed by atoms with van der Waals surface area (Å²) in [5.41, 5.74) is 0.191. The third kappa shape index (κ3) is 7.04. The molecule has 28 heavy (non-hydrogen) atoms. The Labute approximate surface area is 171 Å². The molecule has 0 aromatic heterocycles. The maximum atomic E-state index is 13.9. The number of benzene rings is 1. The van der Waals surface area contributed by atoms with Crippen LogP contribution in [0.15, 0.2) is 18.2 Å². The van der Waals surface area contributed by atoms with Crippen LogP contribution in [0.25, 0.3) is 0 Å². The molecule has 2 amide bonds. The average molecular weight is 413 g/mol. The normalized spacial score (nSPS) is 16.1. The van der Waals surface area contributed by atoms with Gasteiger partial charge in [-0.15, -0.1) is 0 Å². The lowest BCUT2D eigenvalue weighted by molar-refractivity contribution is -0.136. The zero-order chi connectivity index (χ0) is 20.9. The van der Waals surface area contributed by atoms with E-state index in [1.807, 2.05) is 20.8 Å². The summed E-state index contributed by atoms with van der Waals surface area (Å²) in [5, 5.41) is 3.29. The van der Waals surface area contributed by atoms with Gasteiger partial charge in [-0.05, 0) is 32.9 Å². The molecule has 1 aliphatic rings. The number of amides is 2. The number of likely N-dealkylation sites (N-methyl/N-ethyl adjacent to an activating group) is 1. The van der Waals surface area contributed by atoms with Crippen molar-refractivity contribution in [2.75, 3.05) is 46.3 Å². The minimum absolute atomic E-state index is 0.0435. The second-order valence-corrected chi connectivity index (χ2v) is 8.71. The van der Waals surface area contributed by atoms with E-state index < -0.39 is 0 Å². The van der Waals surface area contributed by atoms with Gasteiger partial charge in [0.1, 0.15) is 5.82 Å². The van der Waals surface area contributed by atoms with Gasteiger partial charge in [0.05, 0.1) is 13.1 Å². The van der Waals surface area contributed by atoms with Crippen LogP contribution < -0.4 is 5.32 Å². The van der Waals surface area contributed by atoms with Crippen molar-refractivity contribution in [1.82, 2.24) is 20.0 Å². The predicted octanol–water partition coefficient (Wildman–Crippen LogP) is 1.97. The molecule has 2 rings (SSSR count). The molecule has 1 saturated heterocycles. The third-order valence-electron chi connectivity index (χ3n) is 4.59. The first-order valence-electron chi connectivity index (χ1n) is 9.48. The predicted molar refractivity (Wildman–Crippen MR) is 109 cm³/mol. The topological polar surface area (TPSA) is 55.9 Å². The van der Waals surface area contributed by atoms with Crippen molar-refractivity contribution >= 4 is 23.4 Å². The summed E-state index contributed by atoms with van der Waals surface area (Å²) in [6.07, 6.45) is 0. The molecule has 1 aromatic rings. The molecule has 1 aliphatic heterocycles. The summed E-state index contributed by atoms with van der Waals surface area (Å²) in [6, 6.07) is 4.71. The van der Waals surface area contributed by atoms with Crippen molar-refractivity contribution in [3.05, 3.63) is 34.6 Å². The lowest BCUT2D eigenvalue weighted by Crippen LogP contribution is -2.51. The molecular weight excluding hydrogens is 383 g/mol. The molecule has 0 atom stereocenters. The Hall–Kier alpha value is -1.70. The van der Waals surface area contributed by atoms with E-state index in [4.69, 9.17) is 11.6 Å². The third-order valence-corrected chi connectivity index (χ3v) is 4.94. The van der Waals surface area contributed by atoms with E-state index in [0.717, 1.165) is 13.1 Å². The number of hydrogen-bond donors (Lipinski definition) is 1. The molecule has 1 heterocycles. The summed E-state index contributed by atoms with van der Waals surface area (Å²) in [5.74, 6) is -0.551. The van der Waals surface area contributed by atoms with Gasteiger partial charge < -0.3 is 10.2 Å². The van der Waals surface area contributed by atoms with Crippen LogP contribution in [-0.4, -0.2) is 78.4 Å². The number of carbonyl (C=O) groups excluding carboxylic acids is 2. The van der Waals surface area contributed by atoms with E-state index in [9.17, 15) is 14.0 Å². The van der Waals surface area contributed by atoms with Gasteiger partial charge in [-0.3, -0.25) is 19.4 Å². The van der Waals surface area contributed by atoms with Crippen molar-refractivity contribution in [2.24, 2.45) is 0 Å². The maximum Gasteiger partial charge on any atom is 0.240 e. The standard InChI is InChI=1S/C20H30ClFN4O2/c1-20(2,3)23-18(27)13-24(4)19(28)14-26-10-8-25(9-11-26)12-15-16(21)6-5-7-17(15)22/h5-7H,8-14H2,1-4H3,(H,23,27). The molecule has 6 nitrogen and oxygen atoms in total. The highest BCUT2D eigenvalue weighted by molar-refractivity contribution is 6.31. The molecule has 0 saturated carbocycles. The Morgan fingerprint density at radius 1 is 1.18 bits per heavy atom. The van der Waals surface area contributed by atoms with E-state index in [2.05, 4.69) is 15.1 Å². The molecule has 0 aliphatic carbocycles. The van der Waals surface area contributed by atoms with Gasteiger partial charge in [-0.1, -0.05) is 17.7 Å². The Morgan fingerprint density at radius 2 is 1.79 bits per heavy atom. The van der Waals surface area contributed by atoms with Gasteiger partial charge in [0.25, 0.3) is 0 Å². The molecule has 8 heteroatoms. The molecule has 156 valence electrons. The highest BCUT2D eigenvalue weighted by atomic mass is 35.5. The van der Waals surface area contributed by atoms with Crippen LogP contribution >= 0.6 is 11.6 Å². The molecular formula is C20H30ClFN4O2. The number of nitrogens with one attached hydrogen (secondary N) is 1. The number of halogens is 2. The van der Waals surface area contributed by atoms with Crippen molar-refractivity contribution in [1.29, 1.82) is 0 Å². The molecule has 0 spiro atoms. The summed E-state index contributed by atoms with van der Waals surface area (Å²) < 4.78 is 13.9. The van der Waals surface area contributed by atoms with Crippen LogP contribution in [0.3, 0.4) is 0 Å². The van der Waals surface area contributed by atoms with Gasteiger partial charge in [-0.25, -0.2) is 4.39 Å². The van der Waals surface area contributed by atoms with Gasteiger partial charge >= 0.3 is 0 Å². The van der Waals surface area contributed by atoms with E-state index in [1.165, 1.54) is 11.0 Å². The summed E-state index contributed by atoms with van der Waals surface area (Å²) >= 11 is 6.10.